The summed E-state index contributed by atoms with van der Waals surface area (Å²) in [4.78, 5) is 4.40. The van der Waals surface area contributed by atoms with Gasteiger partial charge in [-0.05, 0) is 30.5 Å². The van der Waals surface area contributed by atoms with E-state index in [1.54, 1.807) is 0 Å². The Hall–Kier alpha value is -1.49. The Labute approximate surface area is 112 Å². The van der Waals surface area contributed by atoms with Crippen molar-refractivity contribution in [1.82, 2.24) is 10.4 Å². The quantitative estimate of drug-likeness (QED) is 0.653. The molecule has 0 spiro atoms. The summed E-state index contributed by atoms with van der Waals surface area (Å²) in [5.74, 6) is 6.22. The van der Waals surface area contributed by atoms with Crippen molar-refractivity contribution in [3.8, 4) is 0 Å². The van der Waals surface area contributed by atoms with E-state index in [0.29, 0.717) is 5.92 Å². The molecular formula is C15H19N3O. The molecule has 3 rings (SSSR count). The summed E-state index contributed by atoms with van der Waals surface area (Å²) < 4.78 is 5.59. The number of aromatic nitrogens is 1. The van der Waals surface area contributed by atoms with E-state index in [1.165, 1.54) is 10.9 Å². The predicted molar refractivity (Wildman–Crippen MR) is 75.4 cm³/mol. The number of rotatable bonds is 3. The van der Waals surface area contributed by atoms with Crippen LogP contribution in [0.5, 0.6) is 0 Å². The van der Waals surface area contributed by atoms with Gasteiger partial charge in [0.05, 0.1) is 18.2 Å². The van der Waals surface area contributed by atoms with Gasteiger partial charge in [0.1, 0.15) is 0 Å². The first-order valence-corrected chi connectivity index (χ1v) is 6.77. The third-order valence-electron chi connectivity index (χ3n) is 3.86. The molecule has 0 amide bonds. The van der Waals surface area contributed by atoms with Gasteiger partial charge in [0.25, 0.3) is 0 Å². The van der Waals surface area contributed by atoms with Crippen LogP contribution in [0, 0.1) is 5.92 Å². The Morgan fingerprint density at radius 2 is 2.26 bits per heavy atom. The maximum atomic E-state index is 5.80. The topological polar surface area (TPSA) is 60.2 Å². The molecule has 19 heavy (non-hydrogen) atoms. The smallest absolute Gasteiger partial charge is 0.0705 e. The minimum absolute atomic E-state index is 0.119. The van der Waals surface area contributed by atoms with Crippen molar-refractivity contribution in [2.45, 2.75) is 18.9 Å². The lowest BCUT2D eigenvalue weighted by molar-refractivity contribution is 0.0392. The number of nitrogens with zero attached hydrogens (tertiary/aromatic N) is 1. The lowest BCUT2D eigenvalue weighted by atomic mass is 9.87. The summed E-state index contributed by atoms with van der Waals surface area (Å²) in [5, 5.41) is 1.17. The van der Waals surface area contributed by atoms with Crippen molar-refractivity contribution >= 4 is 10.9 Å². The average Bonchev–Trinajstić information content (AvgIpc) is 2.49. The Morgan fingerprint density at radius 1 is 1.32 bits per heavy atom. The standard InChI is InChI=1S/C15H19N3O/c16-18-15(11-4-3-9-19-10-11)13-5-1-7-14-12(13)6-2-8-17-14/h1-2,5-8,11,15,18H,3-4,9-10,16H2. The van der Waals surface area contributed by atoms with Crippen LogP contribution >= 0.6 is 0 Å². The monoisotopic (exact) mass is 257 g/mol. The second kappa shape index (κ2) is 5.65. The molecule has 0 saturated carbocycles. The van der Waals surface area contributed by atoms with Crippen molar-refractivity contribution in [1.29, 1.82) is 0 Å². The number of ether oxygens (including phenoxy) is 1. The molecule has 1 aliphatic heterocycles. The lowest BCUT2D eigenvalue weighted by Gasteiger charge is -2.30. The zero-order valence-corrected chi connectivity index (χ0v) is 10.9. The number of fused-ring (bicyclic) bond motifs is 1. The van der Waals surface area contributed by atoms with Gasteiger partial charge in [0, 0.05) is 24.1 Å². The molecule has 2 atom stereocenters. The number of nitrogens with two attached hydrogens (primary N) is 1. The summed E-state index contributed by atoms with van der Waals surface area (Å²) >= 11 is 0. The molecule has 1 fully saturated rings. The Balaban J connectivity index is 2.00. The van der Waals surface area contributed by atoms with Crippen LogP contribution < -0.4 is 11.3 Å². The van der Waals surface area contributed by atoms with Gasteiger partial charge in [-0.15, -0.1) is 0 Å². The van der Waals surface area contributed by atoms with Gasteiger partial charge in [-0.3, -0.25) is 16.3 Å². The van der Waals surface area contributed by atoms with E-state index < -0.39 is 0 Å². The summed E-state index contributed by atoms with van der Waals surface area (Å²) in [6.07, 6.45) is 4.07. The van der Waals surface area contributed by atoms with Gasteiger partial charge in [0.2, 0.25) is 0 Å². The fraction of sp³-hybridized carbons (Fsp3) is 0.400. The molecule has 2 aromatic rings. The van der Waals surface area contributed by atoms with E-state index in [9.17, 15) is 0 Å². The molecule has 100 valence electrons. The average molecular weight is 257 g/mol. The molecule has 1 aliphatic rings. The molecule has 0 bridgehead atoms. The van der Waals surface area contributed by atoms with Gasteiger partial charge >= 0.3 is 0 Å². The molecular weight excluding hydrogens is 238 g/mol. The Kier molecular flexibility index (Phi) is 3.73. The lowest BCUT2D eigenvalue weighted by Crippen LogP contribution is -2.37. The van der Waals surface area contributed by atoms with Crippen molar-refractivity contribution in [2.24, 2.45) is 11.8 Å². The summed E-state index contributed by atoms with van der Waals surface area (Å²) in [6.45, 7) is 1.64. The van der Waals surface area contributed by atoms with Gasteiger partial charge in [-0.1, -0.05) is 18.2 Å². The van der Waals surface area contributed by atoms with Gasteiger partial charge < -0.3 is 4.74 Å². The fourth-order valence-corrected chi connectivity index (χ4v) is 2.91. The van der Waals surface area contributed by atoms with Crippen molar-refractivity contribution < 1.29 is 4.74 Å². The second-order valence-electron chi connectivity index (χ2n) is 5.04. The molecule has 3 N–H and O–H groups in total. The van der Waals surface area contributed by atoms with Crippen LogP contribution in [0.3, 0.4) is 0 Å². The third-order valence-corrected chi connectivity index (χ3v) is 3.86. The predicted octanol–water partition coefficient (Wildman–Crippen LogP) is 2.17. The zero-order valence-electron chi connectivity index (χ0n) is 10.9. The normalized spacial score (nSPS) is 21.4. The first-order valence-electron chi connectivity index (χ1n) is 6.77. The van der Waals surface area contributed by atoms with Crippen LogP contribution in [0.15, 0.2) is 36.5 Å². The second-order valence-corrected chi connectivity index (χ2v) is 5.04. The van der Waals surface area contributed by atoms with Crippen LogP contribution in [0.2, 0.25) is 0 Å². The Bertz CT molecular complexity index is 547. The van der Waals surface area contributed by atoms with E-state index in [-0.39, 0.29) is 6.04 Å². The van der Waals surface area contributed by atoms with Crippen molar-refractivity contribution in [3.05, 3.63) is 42.1 Å². The highest BCUT2D eigenvalue weighted by Gasteiger charge is 2.25. The first kappa shape index (κ1) is 12.5. The number of nitrogens with one attached hydrogen (secondary N) is 1. The number of benzene rings is 1. The Morgan fingerprint density at radius 3 is 3.05 bits per heavy atom. The molecule has 0 aliphatic carbocycles. The molecule has 2 heterocycles. The first-order chi connectivity index (χ1) is 9.40. The SMILES string of the molecule is NNC(c1cccc2ncccc12)C1CCCOC1. The third kappa shape index (κ3) is 2.47. The summed E-state index contributed by atoms with van der Waals surface area (Å²) in [6, 6.07) is 10.4. The fourth-order valence-electron chi connectivity index (χ4n) is 2.91. The number of hydrogen-bond acceptors (Lipinski definition) is 4. The van der Waals surface area contributed by atoms with Crippen LogP contribution in [0.25, 0.3) is 10.9 Å². The van der Waals surface area contributed by atoms with Crippen LogP contribution in [-0.4, -0.2) is 18.2 Å². The molecule has 4 heteroatoms. The minimum Gasteiger partial charge on any atom is -0.381 e. The van der Waals surface area contributed by atoms with Gasteiger partial charge in [-0.25, -0.2) is 0 Å². The number of hydrogen-bond donors (Lipinski definition) is 2. The number of pyridine rings is 1. The van der Waals surface area contributed by atoms with E-state index in [0.717, 1.165) is 31.6 Å². The van der Waals surface area contributed by atoms with Crippen molar-refractivity contribution in [3.63, 3.8) is 0 Å². The summed E-state index contributed by atoms with van der Waals surface area (Å²) in [7, 11) is 0. The van der Waals surface area contributed by atoms with Crippen LogP contribution in [-0.2, 0) is 4.74 Å². The molecule has 1 aromatic heterocycles. The highest BCUT2D eigenvalue weighted by atomic mass is 16.5. The highest BCUT2D eigenvalue weighted by molar-refractivity contribution is 5.82. The van der Waals surface area contributed by atoms with Gasteiger partial charge in [-0.2, -0.15) is 0 Å². The molecule has 1 saturated heterocycles. The van der Waals surface area contributed by atoms with E-state index in [2.05, 4.69) is 22.5 Å². The van der Waals surface area contributed by atoms with Gasteiger partial charge in [0.15, 0.2) is 0 Å². The molecule has 2 unspecified atom stereocenters. The molecule has 4 nitrogen and oxygen atoms in total. The van der Waals surface area contributed by atoms with E-state index in [4.69, 9.17) is 10.6 Å². The molecule has 1 aromatic carbocycles. The van der Waals surface area contributed by atoms with Crippen molar-refractivity contribution in [2.75, 3.05) is 13.2 Å². The molecule has 0 radical (unpaired) electrons. The maximum Gasteiger partial charge on any atom is 0.0705 e. The zero-order chi connectivity index (χ0) is 13.1. The summed E-state index contributed by atoms with van der Waals surface area (Å²) in [5.41, 5.74) is 5.20. The highest BCUT2D eigenvalue weighted by Crippen LogP contribution is 2.31. The van der Waals surface area contributed by atoms with Crippen LogP contribution in [0.1, 0.15) is 24.4 Å². The van der Waals surface area contributed by atoms with E-state index >= 15 is 0 Å². The maximum absolute atomic E-state index is 5.80. The number of hydrazine groups is 1. The van der Waals surface area contributed by atoms with Crippen LogP contribution in [0.4, 0.5) is 0 Å². The largest absolute Gasteiger partial charge is 0.381 e. The minimum atomic E-state index is 0.119. The van der Waals surface area contributed by atoms with E-state index in [1.807, 2.05) is 24.4 Å².